The van der Waals surface area contributed by atoms with Gasteiger partial charge in [-0.25, -0.2) is 0 Å². The summed E-state index contributed by atoms with van der Waals surface area (Å²) in [6, 6.07) is 6.93. The summed E-state index contributed by atoms with van der Waals surface area (Å²) < 4.78 is 5.97. The second-order valence-corrected chi connectivity index (χ2v) is 5.28. The predicted molar refractivity (Wildman–Crippen MR) is 80.7 cm³/mol. The van der Waals surface area contributed by atoms with E-state index in [1.165, 1.54) is 30.4 Å². The lowest BCUT2D eigenvalue weighted by molar-refractivity contribution is 0.265. The van der Waals surface area contributed by atoms with Crippen molar-refractivity contribution in [2.75, 3.05) is 6.54 Å². The average molecular weight is 259 g/mol. The van der Waals surface area contributed by atoms with E-state index in [0.29, 0.717) is 6.04 Å². The van der Waals surface area contributed by atoms with Gasteiger partial charge in [0.25, 0.3) is 0 Å². The second kappa shape index (κ2) is 6.76. The van der Waals surface area contributed by atoms with Crippen molar-refractivity contribution in [1.29, 1.82) is 0 Å². The monoisotopic (exact) mass is 259 g/mol. The lowest BCUT2D eigenvalue weighted by atomic mass is 9.87. The fourth-order valence-electron chi connectivity index (χ4n) is 2.70. The van der Waals surface area contributed by atoms with Crippen LogP contribution >= 0.6 is 0 Å². The Morgan fingerprint density at radius 1 is 1.53 bits per heavy atom. The smallest absolute Gasteiger partial charge is 0.123 e. The maximum Gasteiger partial charge on any atom is 0.123 e. The zero-order chi connectivity index (χ0) is 13.7. The van der Waals surface area contributed by atoms with E-state index >= 15 is 0 Å². The number of hydrogen-bond donors (Lipinski definition) is 1. The fourth-order valence-corrected chi connectivity index (χ4v) is 2.70. The molecule has 2 nitrogen and oxygen atoms in total. The summed E-state index contributed by atoms with van der Waals surface area (Å²) in [7, 11) is 0. The van der Waals surface area contributed by atoms with Gasteiger partial charge in [-0.2, -0.15) is 0 Å². The molecule has 1 aliphatic carbocycles. The molecule has 0 bridgehead atoms. The van der Waals surface area contributed by atoms with Crippen molar-refractivity contribution in [1.82, 2.24) is 5.32 Å². The number of benzene rings is 1. The van der Waals surface area contributed by atoms with Crippen LogP contribution in [0.15, 0.2) is 30.9 Å². The highest BCUT2D eigenvalue weighted by atomic mass is 16.5. The van der Waals surface area contributed by atoms with Gasteiger partial charge in [-0.1, -0.05) is 31.7 Å². The molecular weight excluding hydrogens is 234 g/mol. The van der Waals surface area contributed by atoms with Crippen LogP contribution in [0.5, 0.6) is 5.75 Å². The molecule has 2 atom stereocenters. The number of nitrogens with one attached hydrogen (secondary N) is 1. The van der Waals surface area contributed by atoms with Crippen LogP contribution in [0, 0.1) is 0 Å². The molecule has 2 unspecified atom stereocenters. The van der Waals surface area contributed by atoms with Gasteiger partial charge in [0, 0.05) is 6.04 Å². The van der Waals surface area contributed by atoms with E-state index in [-0.39, 0.29) is 6.10 Å². The van der Waals surface area contributed by atoms with Crippen LogP contribution in [0.2, 0.25) is 0 Å². The zero-order valence-corrected chi connectivity index (χ0v) is 12.1. The summed E-state index contributed by atoms with van der Waals surface area (Å²) in [6.07, 6.45) is 6.67. The molecular formula is C17H25NO. The first kappa shape index (κ1) is 14.1. The van der Waals surface area contributed by atoms with Gasteiger partial charge >= 0.3 is 0 Å². The Morgan fingerprint density at radius 3 is 3.11 bits per heavy atom. The van der Waals surface area contributed by atoms with Crippen molar-refractivity contribution in [3.8, 4) is 5.75 Å². The van der Waals surface area contributed by atoms with Gasteiger partial charge in [-0.15, -0.1) is 0 Å². The Morgan fingerprint density at radius 2 is 2.37 bits per heavy atom. The molecule has 0 amide bonds. The van der Waals surface area contributed by atoms with Gasteiger partial charge in [-0.3, -0.25) is 0 Å². The first-order chi connectivity index (χ1) is 9.26. The normalized spacial score (nSPS) is 19.6. The summed E-state index contributed by atoms with van der Waals surface area (Å²) in [5, 5.41) is 3.65. The molecule has 1 aliphatic rings. The Balaban J connectivity index is 2.22. The van der Waals surface area contributed by atoms with Crippen LogP contribution in [0.4, 0.5) is 0 Å². The number of ether oxygens (including phenoxy) is 1. The Hall–Kier alpha value is -1.28. The van der Waals surface area contributed by atoms with E-state index < -0.39 is 0 Å². The third-order valence-corrected chi connectivity index (χ3v) is 3.75. The number of hydrogen-bond acceptors (Lipinski definition) is 2. The first-order valence-electron chi connectivity index (χ1n) is 7.40. The lowest BCUT2D eigenvalue weighted by Crippen LogP contribution is -2.26. The highest BCUT2D eigenvalue weighted by molar-refractivity contribution is 5.43. The van der Waals surface area contributed by atoms with E-state index in [4.69, 9.17) is 4.74 Å². The molecule has 0 saturated carbocycles. The Kier molecular flexibility index (Phi) is 5.03. The van der Waals surface area contributed by atoms with Crippen molar-refractivity contribution >= 4 is 0 Å². The van der Waals surface area contributed by atoms with E-state index in [1.54, 1.807) is 0 Å². The molecule has 104 valence electrons. The zero-order valence-electron chi connectivity index (χ0n) is 12.1. The standard InChI is InChI=1S/C17H25NO/c1-4-12-18-16-10-6-9-15-14(16)8-7-11-17(15)19-13(3)5-2/h5,7-8,11,13,16,18H,2,4,6,9-10,12H2,1,3H3. The van der Waals surface area contributed by atoms with Crippen LogP contribution in [-0.2, 0) is 6.42 Å². The van der Waals surface area contributed by atoms with Crippen molar-refractivity contribution in [2.24, 2.45) is 0 Å². The molecule has 0 fully saturated rings. The summed E-state index contributed by atoms with van der Waals surface area (Å²) in [5.74, 6) is 1.04. The lowest BCUT2D eigenvalue weighted by Gasteiger charge is -2.28. The van der Waals surface area contributed by atoms with Crippen molar-refractivity contribution in [2.45, 2.75) is 51.7 Å². The molecule has 0 spiro atoms. The van der Waals surface area contributed by atoms with Gasteiger partial charge in [-0.05, 0) is 56.3 Å². The molecule has 2 heteroatoms. The van der Waals surface area contributed by atoms with Crippen LogP contribution in [0.1, 0.15) is 50.3 Å². The summed E-state index contributed by atoms with van der Waals surface area (Å²) in [4.78, 5) is 0. The van der Waals surface area contributed by atoms with Crippen LogP contribution < -0.4 is 10.1 Å². The minimum absolute atomic E-state index is 0.0653. The molecule has 1 aromatic carbocycles. The summed E-state index contributed by atoms with van der Waals surface area (Å²) in [6.45, 7) is 9.11. The molecule has 0 heterocycles. The maximum absolute atomic E-state index is 5.97. The molecule has 19 heavy (non-hydrogen) atoms. The van der Waals surface area contributed by atoms with Gasteiger partial charge in [0.1, 0.15) is 11.9 Å². The van der Waals surface area contributed by atoms with Gasteiger partial charge in [0.05, 0.1) is 0 Å². The van der Waals surface area contributed by atoms with Crippen molar-refractivity contribution in [3.63, 3.8) is 0 Å². The molecule has 0 radical (unpaired) electrons. The van der Waals surface area contributed by atoms with Crippen LogP contribution in [-0.4, -0.2) is 12.6 Å². The highest BCUT2D eigenvalue weighted by Crippen LogP contribution is 2.35. The third kappa shape index (κ3) is 3.38. The highest BCUT2D eigenvalue weighted by Gasteiger charge is 2.22. The average Bonchev–Trinajstić information content (AvgIpc) is 2.45. The number of fused-ring (bicyclic) bond motifs is 1. The number of rotatable bonds is 6. The minimum atomic E-state index is 0.0653. The predicted octanol–water partition coefficient (Wildman–Crippen LogP) is 4.02. The molecule has 1 N–H and O–H groups in total. The first-order valence-corrected chi connectivity index (χ1v) is 7.40. The molecule has 0 saturated heterocycles. The topological polar surface area (TPSA) is 21.3 Å². The van der Waals surface area contributed by atoms with E-state index in [0.717, 1.165) is 18.7 Å². The largest absolute Gasteiger partial charge is 0.486 e. The van der Waals surface area contributed by atoms with E-state index in [2.05, 4.69) is 37.0 Å². The Bertz CT molecular complexity index is 427. The van der Waals surface area contributed by atoms with E-state index in [9.17, 15) is 0 Å². The molecule has 0 aromatic heterocycles. The minimum Gasteiger partial charge on any atom is -0.486 e. The van der Waals surface area contributed by atoms with E-state index in [1.807, 2.05) is 13.0 Å². The Labute approximate surface area is 116 Å². The second-order valence-electron chi connectivity index (χ2n) is 5.28. The fraction of sp³-hybridized carbons (Fsp3) is 0.529. The van der Waals surface area contributed by atoms with Crippen LogP contribution in [0.25, 0.3) is 0 Å². The molecule has 1 aromatic rings. The summed E-state index contributed by atoms with van der Waals surface area (Å²) in [5.41, 5.74) is 2.81. The molecule has 0 aliphatic heterocycles. The summed E-state index contributed by atoms with van der Waals surface area (Å²) >= 11 is 0. The van der Waals surface area contributed by atoms with Crippen molar-refractivity contribution < 1.29 is 4.74 Å². The van der Waals surface area contributed by atoms with Gasteiger partial charge in [0.15, 0.2) is 0 Å². The third-order valence-electron chi connectivity index (χ3n) is 3.75. The SMILES string of the molecule is C=CC(C)Oc1cccc2c1CCCC2NCCC. The molecule has 2 rings (SSSR count). The van der Waals surface area contributed by atoms with Gasteiger partial charge < -0.3 is 10.1 Å². The van der Waals surface area contributed by atoms with Gasteiger partial charge in [0.2, 0.25) is 0 Å². The quantitative estimate of drug-likeness (QED) is 0.779. The van der Waals surface area contributed by atoms with Crippen molar-refractivity contribution in [3.05, 3.63) is 42.0 Å². The maximum atomic E-state index is 5.97. The van der Waals surface area contributed by atoms with Crippen LogP contribution in [0.3, 0.4) is 0 Å².